The molecule has 0 saturated carbocycles. The van der Waals surface area contributed by atoms with Crippen molar-refractivity contribution in [3.63, 3.8) is 0 Å². The zero-order valence-corrected chi connectivity index (χ0v) is 19.0. The molecule has 1 aromatic rings. The SMILES string of the molecule is CNc1ccn([C@@H]2O[C@H](CO)[C@@H](O)[C@H]2O)c(=O)n1.O=P(O)(O)O.O=P(O)(O)O.O=P(O)(O)O. The highest BCUT2D eigenvalue weighted by atomic mass is 31.2. The molecule has 1 fully saturated rings. The van der Waals surface area contributed by atoms with E-state index in [1.54, 1.807) is 7.05 Å². The Bertz CT molecular complexity index is 835. The minimum absolute atomic E-state index is 0.392. The number of aliphatic hydroxyl groups excluding tert-OH is 3. The standard InChI is InChI=1S/C10H15N3O5.3H3O4P/c1-11-6-2-3-13(10(17)12-6)9-8(16)7(15)5(4-14)18-9;3*1-5(2,3)4/h2-3,5,7-9,14-16H,4H2,1H3,(H,11,12,17);3*(H3,1,2,3,4)/t5-,7-,8-,9-;;;/m1.../s1. The number of aromatic nitrogens is 2. The number of anilines is 1. The number of ether oxygens (including phenoxy) is 1. The van der Waals surface area contributed by atoms with Crippen molar-refractivity contribution < 1.29 is 77.8 Å². The summed E-state index contributed by atoms with van der Waals surface area (Å²) in [6.45, 7) is -0.439. The summed E-state index contributed by atoms with van der Waals surface area (Å²) in [6, 6.07) is 1.54. The molecule has 2 rings (SSSR count). The second-order valence-corrected chi connectivity index (χ2v) is 8.60. The average Bonchev–Trinajstić information content (AvgIpc) is 2.85. The molecule has 1 saturated heterocycles. The van der Waals surface area contributed by atoms with Gasteiger partial charge in [-0.1, -0.05) is 0 Å². The summed E-state index contributed by atoms with van der Waals surface area (Å²) in [7, 11) is -12.3. The molecule has 13 N–H and O–H groups in total. The van der Waals surface area contributed by atoms with Gasteiger partial charge in [0.05, 0.1) is 6.61 Å². The van der Waals surface area contributed by atoms with Gasteiger partial charge in [0, 0.05) is 13.2 Å². The van der Waals surface area contributed by atoms with E-state index in [0.29, 0.717) is 5.82 Å². The van der Waals surface area contributed by atoms with Crippen LogP contribution in [0.25, 0.3) is 0 Å². The molecule has 1 aliphatic heterocycles. The zero-order valence-electron chi connectivity index (χ0n) is 16.3. The Hall–Kier alpha value is -1.15. The van der Waals surface area contributed by atoms with Gasteiger partial charge in [0.15, 0.2) is 6.23 Å². The summed E-state index contributed by atoms with van der Waals surface area (Å²) >= 11 is 0. The van der Waals surface area contributed by atoms with Crippen LogP contribution in [0.5, 0.6) is 0 Å². The third-order valence-corrected chi connectivity index (χ3v) is 2.88. The summed E-state index contributed by atoms with van der Waals surface area (Å²) in [5, 5.41) is 31.0. The molecule has 0 amide bonds. The lowest BCUT2D eigenvalue weighted by molar-refractivity contribution is -0.0549. The van der Waals surface area contributed by atoms with Gasteiger partial charge in [-0.25, -0.2) is 18.5 Å². The van der Waals surface area contributed by atoms with Crippen LogP contribution in [0.4, 0.5) is 5.82 Å². The summed E-state index contributed by atoms with van der Waals surface area (Å²) in [5.41, 5.74) is -0.614. The van der Waals surface area contributed by atoms with Gasteiger partial charge in [0.2, 0.25) is 0 Å². The normalized spacial score (nSPS) is 22.6. The minimum Gasteiger partial charge on any atom is -0.394 e. The predicted octanol–water partition coefficient (Wildman–Crippen LogP) is -4.89. The molecular formula is C10H24N3O17P3. The zero-order chi connectivity index (χ0) is 26.8. The van der Waals surface area contributed by atoms with Crippen molar-refractivity contribution in [1.82, 2.24) is 9.55 Å². The van der Waals surface area contributed by atoms with Gasteiger partial charge in [-0.2, -0.15) is 4.98 Å². The number of hydrogen-bond donors (Lipinski definition) is 13. The van der Waals surface area contributed by atoms with Crippen LogP contribution in [-0.2, 0) is 18.4 Å². The molecule has 0 aromatic carbocycles. The van der Waals surface area contributed by atoms with Gasteiger partial charge in [0.1, 0.15) is 24.1 Å². The molecule has 0 unspecified atom stereocenters. The van der Waals surface area contributed by atoms with Gasteiger partial charge in [-0.05, 0) is 6.07 Å². The number of nitrogens with zero attached hydrogens (tertiary/aromatic N) is 2. The largest absolute Gasteiger partial charge is 0.466 e. The first-order valence-corrected chi connectivity index (χ1v) is 12.5. The summed E-state index contributed by atoms with van der Waals surface area (Å²) in [6.07, 6.45) is -3.09. The van der Waals surface area contributed by atoms with Crippen LogP contribution < -0.4 is 11.0 Å². The first-order chi connectivity index (χ1) is 14.6. The molecule has 23 heteroatoms. The smallest absolute Gasteiger partial charge is 0.394 e. The molecule has 20 nitrogen and oxygen atoms in total. The van der Waals surface area contributed by atoms with Crippen LogP contribution >= 0.6 is 23.5 Å². The van der Waals surface area contributed by atoms with Crippen LogP contribution in [0.15, 0.2) is 17.1 Å². The topological polar surface area (TPSA) is 350 Å². The molecule has 0 spiro atoms. The van der Waals surface area contributed by atoms with Crippen molar-refractivity contribution in [2.75, 3.05) is 19.0 Å². The fourth-order valence-electron chi connectivity index (χ4n) is 1.86. The molecule has 4 atom stereocenters. The number of nitrogens with one attached hydrogen (secondary N) is 1. The first-order valence-electron chi connectivity index (χ1n) is 7.82. The fourth-order valence-corrected chi connectivity index (χ4v) is 1.86. The molecule has 0 aliphatic carbocycles. The van der Waals surface area contributed by atoms with E-state index in [1.165, 1.54) is 12.3 Å². The van der Waals surface area contributed by atoms with Crippen LogP contribution in [0.1, 0.15) is 6.23 Å². The van der Waals surface area contributed by atoms with Gasteiger partial charge < -0.3 is 69.4 Å². The predicted molar refractivity (Wildman–Crippen MR) is 104 cm³/mol. The van der Waals surface area contributed by atoms with Gasteiger partial charge in [0.25, 0.3) is 0 Å². The maximum Gasteiger partial charge on any atom is 0.466 e. The Kier molecular flexibility index (Phi) is 14.7. The summed E-state index contributed by atoms with van der Waals surface area (Å²) in [5.74, 6) is 0.392. The Morgan fingerprint density at radius 2 is 1.33 bits per heavy atom. The van der Waals surface area contributed by atoms with E-state index < -0.39 is 60.3 Å². The Morgan fingerprint density at radius 1 is 0.939 bits per heavy atom. The van der Waals surface area contributed by atoms with Gasteiger partial charge in [-0.3, -0.25) is 4.57 Å². The van der Waals surface area contributed by atoms with E-state index in [4.69, 9.17) is 67.6 Å². The van der Waals surface area contributed by atoms with E-state index in [2.05, 4.69) is 10.3 Å². The maximum absolute atomic E-state index is 11.7. The van der Waals surface area contributed by atoms with E-state index in [-0.39, 0.29) is 0 Å². The van der Waals surface area contributed by atoms with Gasteiger partial charge >= 0.3 is 29.2 Å². The monoisotopic (exact) mass is 551 g/mol. The molecular weight excluding hydrogens is 527 g/mol. The van der Waals surface area contributed by atoms with E-state index in [9.17, 15) is 15.0 Å². The summed E-state index contributed by atoms with van der Waals surface area (Å²) < 4.78 is 32.9. The number of hydrogen-bond acceptors (Lipinski definition) is 10. The highest BCUT2D eigenvalue weighted by Gasteiger charge is 2.43. The molecule has 196 valence electrons. The van der Waals surface area contributed by atoms with E-state index in [0.717, 1.165) is 4.57 Å². The second kappa shape index (κ2) is 14.3. The molecule has 33 heavy (non-hydrogen) atoms. The summed E-state index contributed by atoms with van der Waals surface area (Å²) in [4.78, 5) is 80.1. The van der Waals surface area contributed by atoms with Crippen LogP contribution in [0.3, 0.4) is 0 Å². The molecule has 1 aromatic heterocycles. The number of rotatable bonds is 3. The molecule has 0 bridgehead atoms. The van der Waals surface area contributed by atoms with Crippen molar-refractivity contribution in [2.24, 2.45) is 0 Å². The average molecular weight is 551 g/mol. The third-order valence-electron chi connectivity index (χ3n) is 2.88. The van der Waals surface area contributed by atoms with E-state index >= 15 is 0 Å². The molecule has 0 radical (unpaired) electrons. The van der Waals surface area contributed by atoms with E-state index in [1.807, 2.05) is 0 Å². The quantitative estimate of drug-likeness (QED) is 0.156. The van der Waals surface area contributed by atoms with Crippen LogP contribution in [0.2, 0.25) is 0 Å². The van der Waals surface area contributed by atoms with Crippen molar-refractivity contribution >= 4 is 29.3 Å². The maximum atomic E-state index is 11.7. The van der Waals surface area contributed by atoms with Crippen molar-refractivity contribution in [3.8, 4) is 0 Å². The number of aliphatic hydroxyl groups is 3. The minimum atomic E-state index is -4.64. The lowest BCUT2D eigenvalue weighted by Crippen LogP contribution is -2.36. The van der Waals surface area contributed by atoms with Gasteiger partial charge in [-0.15, -0.1) is 0 Å². The lowest BCUT2D eigenvalue weighted by atomic mass is 10.1. The third kappa shape index (κ3) is 20.0. The Morgan fingerprint density at radius 3 is 1.61 bits per heavy atom. The van der Waals surface area contributed by atoms with Crippen LogP contribution in [0, 0.1) is 0 Å². The van der Waals surface area contributed by atoms with Crippen LogP contribution in [-0.4, -0.2) is 101 Å². The van der Waals surface area contributed by atoms with Crippen molar-refractivity contribution in [3.05, 3.63) is 22.7 Å². The second-order valence-electron chi connectivity index (χ2n) is 5.52. The van der Waals surface area contributed by atoms with Crippen molar-refractivity contribution in [2.45, 2.75) is 24.5 Å². The molecule has 1 aliphatic rings. The highest BCUT2D eigenvalue weighted by molar-refractivity contribution is 7.45. The Labute approximate surface area is 183 Å². The first kappa shape index (κ1) is 34.0. The highest BCUT2D eigenvalue weighted by Crippen LogP contribution is 2.28. The Balaban J connectivity index is 0. The molecule has 2 heterocycles. The lowest BCUT2D eigenvalue weighted by Gasteiger charge is -2.17. The van der Waals surface area contributed by atoms with Crippen molar-refractivity contribution in [1.29, 1.82) is 0 Å². The number of phosphoric acid groups is 3. The fraction of sp³-hybridized carbons (Fsp3) is 0.600.